The molecule has 0 radical (unpaired) electrons. The van der Waals surface area contributed by atoms with Gasteiger partial charge in [-0.1, -0.05) is 82.8 Å². The number of aliphatic hydroxyl groups is 3. The van der Waals surface area contributed by atoms with Crippen LogP contribution in [-0.4, -0.2) is 59.6 Å². The molecule has 0 saturated carbocycles. The lowest BCUT2D eigenvalue weighted by Gasteiger charge is -2.20. The van der Waals surface area contributed by atoms with E-state index < -0.39 is 24.4 Å². The van der Waals surface area contributed by atoms with Gasteiger partial charge < -0.3 is 24.8 Å². The summed E-state index contributed by atoms with van der Waals surface area (Å²) in [7, 11) is 0. The van der Waals surface area contributed by atoms with E-state index in [1.807, 2.05) is 0 Å². The summed E-state index contributed by atoms with van der Waals surface area (Å²) in [5.41, 5.74) is 0. The molecule has 29 heavy (non-hydrogen) atoms. The predicted octanol–water partition coefficient (Wildman–Crippen LogP) is 4.52. The Labute approximate surface area is 178 Å². The van der Waals surface area contributed by atoms with Crippen LogP contribution in [0.2, 0.25) is 0 Å². The molecule has 1 fully saturated rings. The van der Waals surface area contributed by atoms with Crippen molar-refractivity contribution in [2.75, 3.05) is 19.8 Å². The first-order chi connectivity index (χ1) is 14.2. The fourth-order valence-electron chi connectivity index (χ4n) is 3.84. The maximum Gasteiger partial charge on any atom is 0.114 e. The zero-order valence-corrected chi connectivity index (χ0v) is 18.6. The van der Waals surface area contributed by atoms with Crippen LogP contribution < -0.4 is 0 Å². The summed E-state index contributed by atoms with van der Waals surface area (Å²) in [6.07, 6.45) is 19.2. The largest absolute Gasteiger partial charge is 0.388 e. The summed E-state index contributed by atoms with van der Waals surface area (Å²) in [6.45, 7) is 2.93. The van der Waals surface area contributed by atoms with Gasteiger partial charge in [-0.05, 0) is 26.2 Å². The third-order valence-electron chi connectivity index (χ3n) is 5.75. The van der Waals surface area contributed by atoms with Crippen LogP contribution in [0.5, 0.6) is 0 Å². The quantitative estimate of drug-likeness (QED) is 0.214. The second-order valence-corrected chi connectivity index (χ2v) is 8.45. The molecule has 3 N–H and O–H groups in total. The van der Waals surface area contributed by atoms with E-state index >= 15 is 0 Å². The van der Waals surface area contributed by atoms with E-state index in [9.17, 15) is 15.3 Å². The van der Waals surface area contributed by atoms with Crippen molar-refractivity contribution in [1.82, 2.24) is 0 Å². The molecule has 5 nitrogen and oxygen atoms in total. The number of rotatable bonds is 19. The molecule has 1 aliphatic rings. The summed E-state index contributed by atoms with van der Waals surface area (Å²) in [4.78, 5) is 0. The van der Waals surface area contributed by atoms with Crippen molar-refractivity contribution >= 4 is 0 Å². The van der Waals surface area contributed by atoms with E-state index in [2.05, 4.69) is 19.1 Å². The van der Waals surface area contributed by atoms with Crippen LogP contribution in [-0.2, 0) is 9.47 Å². The Hall–Kier alpha value is -0.460. The molecule has 0 amide bonds. The fraction of sp³-hybridized carbons (Fsp3) is 0.917. The van der Waals surface area contributed by atoms with E-state index in [1.54, 1.807) is 0 Å². The maximum atomic E-state index is 9.95. The number of ether oxygens (including phenoxy) is 2. The second kappa shape index (κ2) is 18.3. The van der Waals surface area contributed by atoms with Crippen molar-refractivity contribution in [1.29, 1.82) is 0 Å². The highest BCUT2D eigenvalue weighted by Crippen LogP contribution is 2.18. The van der Waals surface area contributed by atoms with Gasteiger partial charge in [0.2, 0.25) is 0 Å². The molecule has 5 heteroatoms. The first kappa shape index (κ1) is 26.6. The lowest BCUT2D eigenvalue weighted by Crippen LogP contribution is -2.40. The normalized spacial score (nSPS) is 23.2. The van der Waals surface area contributed by atoms with Crippen LogP contribution in [0, 0.1) is 0 Å². The standard InChI is InChI=1S/C24H46O5/c1-2-3-4-5-6-7-8-9-10-11-12-13-14-15-16-17-18-28-19-22(26)24-23(27)21(25)20-29-24/h2-3,21-27H,4-20H2,1H3/b3-2+/t21-,22+,23-,24-/m1/s1. The van der Waals surface area contributed by atoms with Crippen LogP contribution >= 0.6 is 0 Å². The van der Waals surface area contributed by atoms with Gasteiger partial charge in [0.1, 0.15) is 24.4 Å². The molecular formula is C24H46O5. The molecule has 1 rings (SSSR count). The van der Waals surface area contributed by atoms with Crippen molar-refractivity contribution < 1.29 is 24.8 Å². The number of hydrogen-bond acceptors (Lipinski definition) is 5. The number of allylic oxidation sites excluding steroid dienone is 2. The Morgan fingerprint density at radius 3 is 1.86 bits per heavy atom. The Morgan fingerprint density at radius 1 is 0.862 bits per heavy atom. The first-order valence-corrected chi connectivity index (χ1v) is 12.0. The molecule has 0 aromatic carbocycles. The van der Waals surface area contributed by atoms with E-state index in [1.165, 1.54) is 77.0 Å². The summed E-state index contributed by atoms with van der Waals surface area (Å²) < 4.78 is 10.7. The van der Waals surface area contributed by atoms with Gasteiger partial charge in [-0.25, -0.2) is 0 Å². The summed E-state index contributed by atoms with van der Waals surface area (Å²) in [5, 5.41) is 29.1. The zero-order chi connectivity index (χ0) is 21.2. The molecule has 0 spiro atoms. The molecular weight excluding hydrogens is 368 g/mol. The highest BCUT2D eigenvalue weighted by Gasteiger charge is 2.39. The minimum Gasteiger partial charge on any atom is -0.388 e. The summed E-state index contributed by atoms with van der Waals surface area (Å²) >= 11 is 0. The van der Waals surface area contributed by atoms with Gasteiger partial charge in [0.15, 0.2) is 0 Å². The van der Waals surface area contributed by atoms with E-state index in [0.717, 1.165) is 12.8 Å². The van der Waals surface area contributed by atoms with Gasteiger partial charge in [0.25, 0.3) is 0 Å². The third-order valence-corrected chi connectivity index (χ3v) is 5.75. The number of unbranched alkanes of at least 4 members (excludes halogenated alkanes) is 13. The number of aliphatic hydroxyl groups excluding tert-OH is 3. The van der Waals surface area contributed by atoms with E-state index in [-0.39, 0.29) is 13.2 Å². The minimum absolute atomic E-state index is 0.0695. The Bertz CT molecular complexity index is 387. The molecule has 1 aliphatic heterocycles. The molecule has 1 heterocycles. The molecule has 0 aromatic rings. The van der Waals surface area contributed by atoms with Crippen LogP contribution in [0.15, 0.2) is 12.2 Å². The van der Waals surface area contributed by atoms with Crippen molar-refractivity contribution in [2.45, 2.75) is 121 Å². The van der Waals surface area contributed by atoms with Crippen molar-refractivity contribution in [3.63, 3.8) is 0 Å². The SMILES string of the molecule is C/C=C/CCCCCCCCCCCCCCCOC[C@H](O)[C@H]1OC[C@@H](O)[C@H]1O. The summed E-state index contributed by atoms with van der Waals surface area (Å²) in [6, 6.07) is 0. The molecule has 4 atom stereocenters. The lowest BCUT2D eigenvalue weighted by molar-refractivity contribution is -0.0813. The summed E-state index contributed by atoms with van der Waals surface area (Å²) in [5.74, 6) is 0. The Morgan fingerprint density at radius 2 is 1.38 bits per heavy atom. The average molecular weight is 415 g/mol. The van der Waals surface area contributed by atoms with E-state index in [0.29, 0.717) is 6.61 Å². The molecule has 1 saturated heterocycles. The van der Waals surface area contributed by atoms with Crippen molar-refractivity contribution in [3.05, 3.63) is 12.2 Å². The average Bonchev–Trinajstić information content (AvgIpc) is 3.05. The van der Waals surface area contributed by atoms with Crippen LogP contribution in [0.4, 0.5) is 0 Å². The van der Waals surface area contributed by atoms with E-state index in [4.69, 9.17) is 9.47 Å². The van der Waals surface area contributed by atoms with Gasteiger partial charge in [-0.2, -0.15) is 0 Å². The monoisotopic (exact) mass is 414 g/mol. The van der Waals surface area contributed by atoms with Crippen LogP contribution in [0.3, 0.4) is 0 Å². The lowest BCUT2D eigenvalue weighted by atomic mass is 10.0. The molecule has 0 aliphatic carbocycles. The highest BCUT2D eigenvalue weighted by molar-refractivity contribution is 4.87. The van der Waals surface area contributed by atoms with Gasteiger partial charge in [0, 0.05) is 6.61 Å². The van der Waals surface area contributed by atoms with Crippen molar-refractivity contribution in [2.24, 2.45) is 0 Å². The fourth-order valence-corrected chi connectivity index (χ4v) is 3.84. The molecule has 0 unspecified atom stereocenters. The smallest absolute Gasteiger partial charge is 0.114 e. The first-order valence-electron chi connectivity index (χ1n) is 12.0. The molecule has 0 bridgehead atoms. The van der Waals surface area contributed by atoms with Gasteiger partial charge >= 0.3 is 0 Å². The minimum atomic E-state index is -1.03. The predicted molar refractivity (Wildman–Crippen MR) is 118 cm³/mol. The Balaban J connectivity index is 1.75. The second-order valence-electron chi connectivity index (χ2n) is 8.45. The highest BCUT2D eigenvalue weighted by atomic mass is 16.5. The van der Waals surface area contributed by atoms with Crippen molar-refractivity contribution in [3.8, 4) is 0 Å². The van der Waals surface area contributed by atoms with Gasteiger partial charge in [-0.15, -0.1) is 0 Å². The van der Waals surface area contributed by atoms with Crippen LogP contribution in [0.1, 0.15) is 96.8 Å². The topological polar surface area (TPSA) is 79.2 Å². The molecule has 172 valence electrons. The van der Waals surface area contributed by atoms with Gasteiger partial charge in [0.05, 0.1) is 13.2 Å². The Kier molecular flexibility index (Phi) is 16.8. The van der Waals surface area contributed by atoms with Crippen LogP contribution in [0.25, 0.3) is 0 Å². The third kappa shape index (κ3) is 13.5. The maximum absolute atomic E-state index is 9.95. The molecule has 0 aromatic heterocycles. The number of hydrogen-bond donors (Lipinski definition) is 3. The zero-order valence-electron chi connectivity index (χ0n) is 18.6. The van der Waals surface area contributed by atoms with Gasteiger partial charge in [-0.3, -0.25) is 0 Å².